The lowest BCUT2D eigenvalue weighted by Gasteiger charge is -2.35. The zero-order valence-corrected chi connectivity index (χ0v) is 27.3. The number of piperazine rings is 1. The van der Waals surface area contributed by atoms with E-state index in [1.54, 1.807) is 30.7 Å². The van der Waals surface area contributed by atoms with Crippen LogP contribution in [0.15, 0.2) is 53.7 Å². The number of fused-ring (bicyclic) bond motifs is 1. The number of carbonyl (C=O) groups is 2. The van der Waals surface area contributed by atoms with Gasteiger partial charge in [-0.25, -0.2) is 9.97 Å². The summed E-state index contributed by atoms with van der Waals surface area (Å²) in [6.45, 7) is 8.28. The number of amides is 1. The van der Waals surface area contributed by atoms with Gasteiger partial charge in [-0.1, -0.05) is 30.0 Å². The minimum absolute atomic E-state index is 0.0563. The Morgan fingerprint density at radius 3 is 2.65 bits per heavy atom. The van der Waals surface area contributed by atoms with Crippen LogP contribution in [0.2, 0.25) is 0 Å². The highest BCUT2D eigenvalue weighted by Gasteiger charge is 2.30. The molecule has 1 amide bonds. The predicted molar refractivity (Wildman–Crippen MR) is 174 cm³/mol. The fourth-order valence-electron chi connectivity index (χ4n) is 6.08. The van der Waals surface area contributed by atoms with E-state index in [-0.39, 0.29) is 24.6 Å². The number of likely N-dealkylation sites (tertiary alicyclic amines) is 1. The second kappa shape index (κ2) is 15.1. The van der Waals surface area contributed by atoms with Crippen molar-refractivity contribution in [3.05, 3.63) is 70.9 Å². The summed E-state index contributed by atoms with van der Waals surface area (Å²) in [6.07, 6.45) is 1.54. The summed E-state index contributed by atoms with van der Waals surface area (Å²) in [7, 11) is 1.67. The quantitative estimate of drug-likeness (QED) is 0.168. The molecule has 0 bridgehead atoms. The first-order valence-electron chi connectivity index (χ1n) is 15.9. The lowest BCUT2D eigenvalue weighted by molar-refractivity contribution is -0.149. The van der Waals surface area contributed by atoms with Gasteiger partial charge in [0.1, 0.15) is 5.82 Å². The average Bonchev–Trinajstić information content (AvgIpc) is 3.56. The fourth-order valence-corrected chi connectivity index (χ4v) is 6.89. The topological polar surface area (TPSA) is 107 Å². The van der Waals surface area contributed by atoms with E-state index >= 15 is 0 Å². The molecule has 2 saturated heterocycles. The highest BCUT2D eigenvalue weighted by Crippen LogP contribution is 2.33. The van der Waals surface area contributed by atoms with Crippen LogP contribution in [0.25, 0.3) is 0 Å². The Labute approximate surface area is 274 Å². The Bertz CT molecular complexity index is 1530. The van der Waals surface area contributed by atoms with E-state index in [4.69, 9.17) is 28.9 Å². The Morgan fingerprint density at radius 1 is 0.978 bits per heavy atom. The van der Waals surface area contributed by atoms with Crippen molar-refractivity contribution in [3.63, 3.8) is 0 Å². The molecule has 3 aliphatic rings. The molecule has 3 aliphatic heterocycles. The normalized spacial score (nSPS) is 18.1. The average molecular weight is 648 g/mol. The molecule has 0 aliphatic carbocycles. The summed E-state index contributed by atoms with van der Waals surface area (Å²) in [4.78, 5) is 41.9. The summed E-state index contributed by atoms with van der Waals surface area (Å²) < 4.78 is 21.6. The first-order chi connectivity index (χ1) is 22.5. The smallest absolute Gasteiger partial charge is 0.310 e. The van der Waals surface area contributed by atoms with Gasteiger partial charge >= 0.3 is 5.97 Å². The molecule has 6 rings (SSSR count). The van der Waals surface area contributed by atoms with Crippen LogP contribution in [0.5, 0.6) is 11.5 Å². The van der Waals surface area contributed by atoms with Crippen molar-refractivity contribution in [1.82, 2.24) is 19.8 Å². The minimum Gasteiger partial charge on any atom is -0.466 e. The number of thioether (sulfide) groups is 1. The number of benzene rings is 2. The number of nitrogens with zero attached hydrogens (tertiary/aromatic N) is 5. The van der Waals surface area contributed by atoms with E-state index in [1.807, 2.05) is 36.4 Å². The van der Waals surface area contributed by atoms with Gasteiger partial charge in [-0.2, -0.15) is 0 Å². The maximum atomic E-state index is 13.4. The van der Waals surface area contributed by atoms with Crippen molar-refractivity contribution in [3.8, 4) is 11.5 Å². The monoisotopic (exact) mass is 647 g/mol. The van der Waals surface area contributed by atoms with E-state index in [1.165, 1.54) is 5.56 Å². The van der Waals surface area contributed by atoms with Crippen LogP contribution >= 0.6 is 11.8 Å². The van der Waals surface area contributed by atoms with Gasteiger partial charge < -0.3 is 28.7 Å². The van der Waals surface area contributed by atoms with Crippen molar-refractivity contribution >= 4 is 29.5 Å². The zero-order valence-electron chi connectivity index (χ0n) is 26.5. The third-order valence-corrected chi connectivity index (χ3v) is 9.37. The molecule has 46 heavy (non-hydrogen) atoms. The zero-order chi connectivity index (χ0) is 31.9. The first-order valence-corrected chi connectivity index (χ1v) is 16.9. The van der Waals surface area contributed by atoms with Crippen LogP contribution in [0, 0.1) is 5.92 Å². The first kappa shape index (κ1) is 32.1. The van der Waals surface area contributed by atoms with Crippen molar-refractivity contribution in [2.24, 2.45) is 5.92 Å². The van der Waals surface area contributed by atoms with E-state index in [0.29, 0.717) is 42.8 Å². The van der Waals surface area contributed by atoms with Crippen LogP contribution < -0.4 is 14.4 Å². The van der Waals surface area contributed by atoms with Gasteiger partial charge in [0.15, 0.2) is 16.7 Å². The summed E-state index contributed by atoms with van der Waals surface area (Å²) in [5.41, 5.74) is 3.68. The summed E-state index contributed by atoms with van der Waals surface area (Å²) >= 11 is 1.55. The van der Waals surface area contributed by atoms with Gasteiger partial charge in [0.05, 0.1) is 24.8 Å². The molecule has 1 atom stereocenters. The molecule has 0 saturated carbocycles. The van der Waals surface area contributed by atoms with Crippen LogP contribution in [-0.4, -0.2) is 91.4 Å². The lowest BCUT2D eigenvalue weighted by atomic mass is 9.97. The highest BCUT2D eigenvalue weighted by atomic mass is 32.2. The summed E-state index contributed by atoms with van der Waals surface area (Å²) in [6, 6.07) is 15.9. The number of hydrogen-bond donors (Lipinski definition) is 0. The van der Waals surface area contributed by atoms with Crippen molar-refractivity contribution in [2.45, 2.75) is 43.8 Å². The van der Waals surface area contributed by atoms with Gasteiger partial charge in [0.2, 0.25) is 6.79 Å². The van der Waals surface area contributed by atoms with Gasteiger partial charge in [-0.05, 0) is 55.2 Å². The molecule has 2 aromatic carbocycles. The molecule has 0 spiro atoms. The Balaban J connectivity index is 1.06. The molecule has 1 unspecified atom stereocenters. The van der Waals surface area contributed by atoms with Gasteiger partial charge in [-0.3, -0.25) is 14.5 Å². The number of methoxy groups -OCH3 is 1. The molecule has 0 radical (unpaired) electrons. The number of carbonyl (C=O) groups excluding carboxylic acids is 2. The number of anilines is 1. The number of ether oxygens (including phenoxy) is 4. The van der Waals surface area contributed by atoms with Crippen LogP contribution in [0.4, 0.5) is 5.82 Å². The second-order valence-electron chi connectivity index (χ2n) is 11.7. The van der Waals surface area contributed by atoms with Gasteiger partial charge in [0, 0.05) is 70.3 Å². The van der Waals surface area contributed by atoms with Gasteiger partial charge in [0.25, 0.3) is 5.91 Å². The Hall–Kier alpha value is -3.87. The van der Waals surface area contributed by atoms with E-state index in [2.05, 4.69) is 21.9 Å². The van der Waals surface area contributed by atoms with Crippen molar-refractivity contribution in [1.29, 1.82) is 0 Å². The van der Waals surface area contributed by atoms with E-state index in [0.717, 1.165) is 74.1 Å². The maximum absolute atomic E-state index is 13.4. The molecule has 0 N–H and O–H groups in total. The summed E-state index contributed by atoms with van der Waals surface area (Å²) in [5.74, 6) is 2.60. The molecular formula is C34H41N5O6S. The SMILES string of the molecule is CCOC(=O)C1CCCN(C(=O)c2cccc(CSc3nc(COC)cc(N4CCN(Cc5ccc6c(c5)OCO6)CC4)n3)c2)C1. The highest BCUT2D eigenvalue weighted by molar-refractivity contribution is 7.98. The third-order valence-electron chi connectivity index (χ3n) is 8.45. The standard InChI is InChI=1S/C34H41N5O6S/c1-3-43-33(41)27-8-5-11-39(20-27)32(40)26-7-4-6-25(16-26)22-46-34-35-28(21-42-2)18-31(36-34)38-14-12-37(13-15-38)19-24-9-10-29-30(17-24)45-23-44-29/h4,6-7,9-10,16-18,27H,3,5,8,11-15,19-23H2,1-2H3. The fraction of sp³-hybridized carbons (Fsp3) is 0.471. The molecule has 244 valence electrons. The molecule has 11 nitrogen and oxygen atoms in total. The van der Waals surface area contributed by atoms with Gasteiger partial charge in [-0.15, -0.1) is 0 Å². The Kier molecular flexibility index (Phi) is 10.6. The number of esters is 1. The molecule has 3 aromatic rings. The van der Waals surface area contributed by atoms with Crippen LogP contribution in [0.3, 0.4) is 0 Å². The second-order valence-corrected chi connectivity index (χ2v) is 12.7. The van der Waals surface area contributed by atoms with E-state index in [9.17, 15) is 9.59 Å². The maximum Gasteiger partial charge on any atom is 0.310 e. The summed E-state index contributed by atoms with van der Waals surface area (Å²) in [5, 5.41) is 0.678. The number of aromatic nitrogens is 2. The number of hydrogen-bond acceptors (Lipinski definition) is 11. The molecule has 1 aromatic heterocycles. The van der Waals surface area contributed by atoms with Crippen molar-refractivity contribution in [2.75, 3.05) is 64.7 Å². The number of piperidine rings is 1. The lowest BCUT2D eigenvalue weighted by Crippen LogP contribution is -2.46. The minimum atomic E-state index is -0.264. The van der Waals surface area contributed by atoms with Crippen LogP contribution in [-0.2, 0) is 33.2 Å². The largest absolute Gasteiger partial charge is 0.466 e. The van der Waals surface area contributed by atoms with Crippen molar-refractivity contribution < 1.29 is 28.5 Å². The molecule has 4 heterocycles. The Morgan fingerprint density at radius 2 is 1.83 bits per heavy atom. The molecule has 2 fully saturated rings. The molecular weight excluding hydrogens is 606 g/mol. The predicted octanol–water partition coefficient (Wildman–Crippen LogP) is 4.38. The third kappa shape index (κ3) is 7.91. The molecule has 12 heteroatoms. The van der Waals surface area contributed by atoms with Crippen LogP contribution in [0.1, 0.15) is 46.9 Å². The van der Waals surface area contributed by atoms with E-state index < -0.39 is 0 Å². The number of rotatable bonds is 11.